The summed E-state index contributed by atoms with van der Waals surface area (Å²) in [7, 11) is 0. The summed E-state index contributed by atoms with van der Waals surface area (Å²) in [6, 6.07) is 3.04. The van der Waals surface area contributed by atoms with Gasteiger partial charge < -0.3 is 11.1 Å². The van der Waals surface area contributed by atoms with Crippen molar-refractivity contribution in [2.24, 2.45) is 5.73 Å². The molecule has 2 heterocycles. The van der Waals surface area contributed by atoms with Gasteiger partial charge in [-0.05, 0) is 30.7 Å². The molecule has 0 aliphatic rings. The standard InChI is InChI=1S/C13H11F3N4O/c1-7-4-8(6-18-5-7)9-2-3-10(20-12(17)21)11(19-9)13(14,15)16/h2-6H,1H3,(H3,17,20,21). The molecule has 21 heavy (non-hydrogen) atoms. The molecule has 0 fully saturated rings. The molecule has 2 amide bonds. The molecule has 0 bridgehead atoms. The van der Waals surface area contributed by atoms with Gasteiger partial charge in [-0.25, -0.2) is 9.78 Å². The maximum absolute atomic E-state index is 13.0. The second-order valence-corrected chi connectivity index (χ2v) is 4.33. The van der Waals surface area contributed by atoms with Crippen molar-refractivity contribution in [3.8, 4) is 11.3 Å². The van der Waals surface area contributed by atoms with Gasteiger partial charge in [0.2, 0.25) is 0 Å². The van der Waals surface area contributed by atoms with Crippen molar-refractivity contribution in [1.82, 2.24) is 9.97 Å². The lowest BCUT2D eigenvalue weighted by Gasteiger charge is -2.13. The van der Waals surface area contributed by atoms with Gasteiger partial charge in [0.25, 0.3) is 0 Å². The second kappa shape index (κ2) is 5.39. The number of alkyl halides is 3. The van der Waals surface area contributed by atoms with E-state index in [1.165, 1.54) is 12.3 Å². The molecule has 2 aromatic heterocycles. The summed E-state index contributed by atoms with van der Waals surface area (Å²) in [6.07, 6.45) is -1.72. The summed E-state index contributed by atoms with van der Waals surface area (Å²) in [5.74, 6) is 0. The Morgan fingerprint density at radius 1 is 1.29 bits per heavy atom. The summed E-state index contributed by atoms with van der Waals surface area (Å²) in [5.41, 5.74) is 4.50. The molecule has 0 saturated heterocycles. The fraction of sp³-hybridized carbons (Fsp3) is 0.154. The monoisotopic (exact) mass is 296 g/mol. The van der Waals surface area contributed by atoms with Gasteiger partial charge in [0.1, 0.15) is 0 Å². The smallest absolute Gasteiger partial charge is 0.351 e. The maximum atomic E-state index is 13.0. The first-order valence-electron chi connectivity index (χ1n) is 5.84. The zero-order valence-corrected chi connectivity index (χ0v) is 10.9. The van der Waals surface area contributed by atoms with E-state index in [0.29, 0.717) is 5.56 Å². The van der Waals surface area contributed by atoms with E-state index in [-0.39, 0.29) is 5.69 Å². The van der Waals surface area contributed by atoms with Gasteiger partial charge in [-0.2, -0.15) is 13.2 Å². The fourth-order valence-corrected chi connectivity index (χ4v) is 1.76. The number of nitrogens with zero attached hydrogens (tertiary/aromatic N) is 2. The van der Waals surface area contributed by atoms with E-state index in [1.54, 1.807) is 19.2 Å². The number of hydrogen-bond acceptors (Lipinski definition) is 3. The second-order valence-electron chi connectivity index (χ2n) is 4.33. The molecular formula is C13H11F3N4O. The molecule has 2 aromatic rings. The quantitative estimate of drug-likeness (QED) is 0.894. The molecule has 3 N–H and O–H groups in total. The predicted molar refractivity (Wildman–Crippen MR) is 70.4 cm³/mol. The molecule has 0 saturated carbocycles. The number of anilines is 1. The average Bonchev–Trinajstić information content (AvgIpc) is 2.37. The van der Waals surface area contributed by atoms with Gasteiger partial charge in [0.05, 0.1) is 11.4 Å². The van der Waals surface area contributed by atoms with Crippen molar-refractivity contribution in [2.75, 3.05) is 5.32 Å². The van der Waals surface area contributed by atoms with Crippen LogP contribution in [-0.2, 0) is 6.18 Å². The van der Waals surface area contributed by atoms with E-state index < -0.39 is 23.6 Å². The van der Waals surface area contributed by atoms with Crippen LogP contribution in [0.4, 0.5) is 23.7 Å². The van der Waals surface area contributed by atoms with Gasteiger partial charge in [0, 0.05) is 18.0 Å². The number of rotatable bonds is 2. The number of carbonyl (C=O) groups excluding carboxylic acids is 1. The Bertz CT molecular complexity index is 685. The molecule has 8 heteroatoms. The van der Waals surface area contributed by atoms with E-state index in [1.807, 2.05) is 5.32 Å². The van der Waals surface area contributed by atoms with Crippen molar-refractivity contribution >= 4 is 11.7 Å². The van der Waals surface area contributed by atoms with Crippen LogP contribution in [0.1, 0.15) is 11.3 Å². The number of urea groups is 1. The Balaban J connectivity index is 2.54. The van der Waals surface area contributed by atoms with Gasteiger partial charge in [0.15, 0.2) is 5.69 Å². The topological polar surface area (TPSA) is 80.9 Å². The first-order chi connectivity index (χ1) is 9.77. The maximum Gasteiger partial charge on any atom is 0.435 e. The number of aryl methyl sites for hydroxylation is 1. The summed E-state index contributed by atoms with van der Waals surface area (Å²) >= 11 is 0. The largest absolute Gasteiger partial charge is 0.435 e. The zero-order valence-electron chi connectivity index (χ0n) is 10.9. The highest BCUT2D eigenvalue weighted by Crippen LogP contribution is 2.35. The lowest BCUT2D eigenvalue weighted by atomic mass is 10.1. The Kier molecular flexibility index (Phi) is 3.79. The highest BCUT2D eigenvalue weighted by Gasteiger charge is 2.36. The van der Waals surface area contributed by atoms with Crippen LogP contribution in [0.2, 0.25) is 0 Å². The van der Waals surface area contributed by atoms with Crippen LogP contribution in [0, 0.1) is 6.92 Å². The first-order valence-corrected chi connectivity index (χ1v) is 5.84. The van der Waals surface area contributed by atoms with Crippen molar-refractivity contribution in [3.05, 3.63) is 41.9 Å². The summed E-state index contributed by atoms with van der Waals surface area (Å²) in [4.78, 5) is 18.2. The molecule has 0 radical (unpaired) electrons. The number of pyridine rings is 2. The molecule has 0 atom stereocenters. The van der Waals surface area contributed by atoms with Crippen molar-refractivity contribution < 1.29 is 18.0 Å². The third kappa shape index (κ3) is 3.47. The molecule has 5 nitrogen and oxygen atoms in total. The average molecular weight is 296 g/mol. The van der Waals surface area contributed by atoms with Gasteiger partial charge >= 0.3 is 12.2 Å². The van der Waals surface area contributed by atoms with Crippen LogP contribution >= 0.6 is 0 Å². The highest BCUT2D eigenvalue weighted by molar-refractivity contribution is 5.88. The van der Waals surface area contributed by atoms with Crippen LogP contribution < -0.4 is 11.1 Å². The summed E-state index contributed by atoms with van der Waals surface area (Å²) in [5, 5.41) is 1.91. The highest BCUT2D eigenvalue weighted by atomic mass is 19.4. The van der Waals surface area contributed by atoms with E-state index in [0.717, 1.165) is 11.6 Å². The number of halogens is 3. The Labute approximate surface area is 118 Å². The van der Waals surface area contributed by atoms with Gasteiger partial charge in [-0.1, -0.05) is 0 Å². The molecule has 110 valence electrons. The first kappa shape index (κ1) is 14.8. The molecule has 0 aliphatic heterocycles. The molecule has 2 rings (SSSR count). The normalized spacial score (nSPS) is 11.2. The van der Waals surface area contributed by atoms with E-state index in [2.05, 4.69) is 9.97 Å². The van der Waals surface area contributed by atoms with Crippen molar-refractivity contribution in [3.63, 3.8) is 0 Å². The van der Waals surface area contributed by atoms with Crippen LogP contribution in [0.3, 0.4) is 0 Å². The third-order valence-corrected chi connectivity index (χ3v) is 2.59. The zero-order chi connectivity index (χ0) is 15.6. The van der Waals surface area contributed by atoms with E-state index in [9.17, 15) is 18.0 Å². The molecule has 0 spiro atoms. The van der Waals surface area contributed by atoms with E-state index in [4.69, 9.17) is 5.73 Å². The van der Waals surface area contributed by atoms with Gasteiger partial charge in [-0.15, -0.1) is 0 Å². The minimum atomic E-state index is -4.72. The number of primary amides is 1. The number of nitrogens with two attached hydrogens (primary N) is 1. The molecule has 0 unspecified atom stereocenters. The lowest BCUT2D eigenvalue weighted by molar-refractivity contribution is -0.140. The van der Waals surface area contributed by atoms with Crippen LogP contribution in [-0.4, -0.2) is 16.0 Å². The third-order valence-electron chi connectivity index (χ3n) is 2.59. The fourth-order valence-electron chi connectivity index (χ4n) is 1.76. The number of carbonyl (C=O) groups is 1. The number of hydrogen-bond donors (Lipinski definition) is 2. The van der Waals surface area contributed by atoms with Gasteiger partial charge in [-0.3, -0.25) is 4.98 Å². The lowest BCUT2D eigenvalue weighted by Crippen LogP contribution is -2.22. The number of amides is 2. The summed E-state index contributed by atoms with van der Waals surface area (Å²) < 4.78 is 39.0. The molecule has 0 aliphatic carbocycles. The summed E-state index contributed by atoms with van der Waals surface area (Å²) in [6.45, 7) is 1.77. The van der Waals surface area contributed by atoms with Crippen LogP contribution in [0.25, 0.3) is 11.3 Å². The van der Waals surface area contributed by atoms with Crippen molar-refractivity contribution in [2.45, 2.75) is 13.1 Å². The number of nitrogens with one attached hydrogen (secondary N) is 1. The van der Waals surface area contributed by atoms with Crippen LogP contribution in [0.5, 0.6) is 0 Å². The molecular weight excluding hydrogens is 285 g/mol. The van der Waals surface area contributed by atoms with Crippen molar-refractivity contribution in [1.29, 1.82) is 0 Å². The minimum Gasteiger partial charge on any atom is -0.351 e. The Morgan fingerprint density at radius 3 is 2.57 bits per heavy atom. The SMILES string of the molecule is Cc1cncc(-c2ccc(NC(N)=O)c(C(F)(F)F)n2)c1. The van der Waals surface area contributed by atoms with Crippen LogP contribution in [0.15, 0.2) is 30.6 Å². The molecule has 0 aromatic carbocycles. The number of aromatic nitrogens is 2. The minimum absolute atomic E-state index is 0.105. The predicted octanol–water partition coefficient (Wildman–Crippen LogP) is 2.96. The Morgan fingerprint density at radius 2 is 2.00 bits per heavy atom. The van der Waals surface area contributed by atoms with E-state index >= 15 is 0 Å². The Hall–Kier alpha value is -2.64.